The fourth-order valence-electron chi connectivity index (χ4n) is 0.881. The summed E-state index contributed by atoms with van der Waals surface area (Å²) >= 11 is 0. The Kier molecular flexibility index (Phi) is 2.55. The molecule has 0 aromatic heterocycles. The summed E-state index contributed by atoms with van der Waals surface area (Å²) in [4.78, 5) is 10.2. The Morgan fingerprint density at radius 1 is 1.36 bits per heavy atom. The van der Waals surface area contributed by atoms with Crippen molar-refractivity contribution in [2.45, 2.75) is 6.92 Å². The monoisotopic (exact) mass is 147 g/mol. The Bertz CT molecular complexity index is 264. The molecule has 11 heavy (non-hydrogen) atoms. The van der Waals surface area contributed by atoms with Crippen LogP contribution in [0.5, 0.6) is 0 Å². The van der Waals surface area contributed by atoms with E-state index in [2.05, 4.69) is 5.18 Å². The summed E-state index contributed by atoms with van der Waals surface area (Å²) in [6.45, 7) is 1.80. The highest BCUT2D eigenvalue weighted by atomic mass is 16.3. The van der Waals surface area contributed by atoms with Crippen molar-refractivity contribution < 1.29 is 0 Å². The zero-order valence-corrected chi connectivity index (χ0v) is 6.32. The van der Waals surface area contributed by atoms with Crippen molar-refractivity contribution in [3.8, 4) is 0 Å². The number of benzene rings is 1. The molecule has 0 unspecified atom stereocenters. The molecule has 0 N–H and O–H groups in total. The first kappa shape index (κ1) is 7.66. The number of rotatable bonds is 2. The molecule has 1 aromatic rings. The average molecular weight is 147 g/mol. The van der Waals surface area contributed by atoms with Gasteiger partial charge < -0.3 is 0 Å². The number of nitroso groups, excluding NO2 is 1. The third kappa shape index (κ3) is 1.74. The van der Waals surface area contributed by atoms with Crippen LogP contribution in [0.4, 0.5) is 0 Å². The fraction of sp³-hybridized carbons (Fsp3) is 0.111. The van der Waals surface area contributed by atoms with Crippen LogP contribution >= 0.6 is 0 Å². The molecule has 2 nitrogen and oxygen atoms in total. The van der Waals surface area contributed by atoms with Crippen molar-refractivity contribution in [1.29, 1.82) is 0 Å². The third-order valence-electron chi connectivity index (χ3n) is 1.44. The van der Waals surface area contributed by atoms with Gasteiger partial charge in [-0.2, -0.15) is 0 Å². The minimum atomic E-state index is 0.491. The van der Waals surface area contributed by atoms with Crippen LogP contribution < -0.4 is 0 Å². The maximum Gasteiger partial charge on any atom is 0.110 e. The molecule has 0 atom stereocenters. The van der Waals surface area contributed by atoms with E-state index < -0.39 is 0 Å². The molecule has 0 saturated carbocycles. The van der Waals surface area contributed by atoms with Crippen molar-refractivity contribution >= 4 is 5.70 Å². The van der Waals surface area contributed by atoms with E-state index in [4.69, 9.17) is 0 Å². The van der Waals surface area contributed by atoms with Gasteiger partial charge in [0.15, 0.2) is 0 Å². The summed E-state index contributed by atoms with van der Waals surface area (Å²) in [5.74, 6) is 0. The summed E-state index contributed by atoms with van der Waals surface area (Å²) in [5, 5.41) is 2.89. The van der Waals surface area contributed by atoms with Crippen LogP contribution in [0.3, 0.4) is 0 Å². The summed E-state index contributed by atoms with van der Waals surface area (Å²) in [7, 11) is 0. The first-order valence-electron chi connectivity index (χ1n) is 3.43. The topological polar surface area (TPSA) is 29.4 Å². The molecule has 0 bridgehead atoms. The molecule has 1 aromatic carbocycles. The molecule has 0 saturated heterocycles. The molecule has 0 aliphatic carbocycles. The Hall–Kier alpha value is -1.44. The highest BCUT2D eigenvalue weighted by Gasteiger charge is 1.96. The predicted molar refractivity (Wildman–Crippen MR) is 45.9 cm³/mol. The molecule has 0 amide bonds. The van der Waals surface area contributed by atoms with Crippen LogP contribution in [0.25, 0.3) is 5.70 Å². The smallest absolute Gasteiger partial charge is 0.110 e. The summed E-state index contributed by atoms with van der Waals surface area (Å²) in [5.41, 5.74) is 1.36. The van der Waals surface area contributed by atoms with Gasteiger partial charge in [0.2, 0.25) is 0 Å². The van der Waals surface area contributed by atoms with E-state index in [0.717, 1.165) is 5.56 Å². The molecular weight excluding hydrogens is 138 g/mol. The molecule has 0 fully saturated rings. The lowest BCUT2D eigenvalue weighted by Gasteiger charge is -1.94. The summed E-state index contributed by atoms with van der Waals surface area (Å²) in [6.07, 6.45) is 1.70. The maximum atomic E-state index is 10.2. The third-order valence-corrected chi connectivity index (χ3v) is 1.44. The largest absolute Gasteiger partial charge is 0.145 e. The van der Waals surface area contributed by atoms with Crippen LogP contribution in [0.15, 0.2) is 41.6 Å². The van der Waals surface area contributed by atoms with Gasteiger partial charge in [-0.05, 0) is 12.1 Å². The second-order valence-electron chi connectivity index (χ2n) is 2.13. The SMILES string of the molecule is C/C=C(\N=O)c1ccccc1. The predicted octanol–water partition coefficient (Wildman–Crippen LogP) is 2.81. The van der Waals surface area contributed by atoms with Crippen molar-refractivity contribution in [3.05, 3.63) is 46.9 Å². The molecule has 56 valence electrons. The Morgan fingerprint density at radius 2 is 2.00 bits per heavy atom. The highest BCUT2D eigenvalue weighted by molar-refractivity contribution is 5.63. The van der Waals surface area contributed by atoms with E-state index in [0.29, 0.717) is 5.70 Å². The van der Waals surface area contributed by atoms with Gasteiger partial charge in [-0.1, -0.05) is 36.4 Å². The van der Waals surface area contributed by atoms with Crippen LogP contribution in [-0.4, -0.2) is 0 Å². The van der Waals surface area contributed by atoms with Gasteiger partial charge in [-0.3, -0.25) is 0 Å². The van der Waals surface area contributed by atoms with Gasteiger partial charge in [0.05, 0.1) is 0 Å². The van der Waals surface area contributed by atoms with Gasteiger partial charge >= 0.3 is 0 Å². The Labute approximate surface area is 65.5 Å². The van der Waals surface area contributed by atoms with E-state index in [9.17, 15) is 4.91 Å². The van der Waals surface area contributed by atoms with Gasteiger partial charge in [-0.25, -0.2) is 0 Å². The second kappa shape index (κ2) is 3.66. The van der Waals surface area contributed by atoms with E-state index >= 15 is 0 Å². The molecule has 0 heterocycles. The zero-order chi connectivity index (χ0) is 8.10. The van der Waals surface area contributed by atoms with Crippen LogP contribution in [-0.2, 0) is 0 Å². The van der Waals surface area contributed by atoms with Crippen molar-refractivity contribution in [1.82, 2.24) is 0 Å². The normalized spacial score (nSPS) is 11.2. The van der Waals surface area contributed by atoms with E-state index in [-0.39, 0.29) is 0 Å². The number of hydrogen-bond acceptors (Lipinski definition) is 2. The van der Waals surface area contributed by atoms with Gasteiger partial charge in [0, 0.05) is 5.56 Å². The number of nitrogens with zero attached hydrogens (tertiary/aromatic N) is 1. The van der Waals surface area contributed by atoms with Gasteiger partial charge in [0.25, 0.3) is 0 Å². The zero-order valence-electron chi connectivity index (χ0n) is 6.32. The van der Waals surface area contributed by atoms with Crippen LogP contribution in [0.1, 0.15) is 12.5 Å². The fourth-order valence-corrected chi connectivity index (χ4v) is 0.881. The highest BCUT2D eigenvalue weighted by Crippen LogP contribution is 2.13. The number of hydrogen-bond donors (Lipinski definition) is 0. The van der Waals surface area contributed by atoms with E-state index in [1.807, 2.05) is 30.3 Å². The molecule has 0 aliphatic heterocycles. The average Bonchev–Trinajstić information content (AvgIpc) is 2.09. The first-order chi connectivity index (χ1) is 5.38. The van der Waals surface area contributed by atoms with Crippen molar-refractivity contribution in [2.24, 2.45) is 5.18 Å². The molecule has 2 heteroatoms. The second-order valence-corrected chi connectivity index (χ2v) is 2.13. The summed E-state index contributed by atoms with van der Waals surface area (Å²) in [6, 6.07) is 9.38. The lowest BCUT2D eigenvalue weighted by Crippen LogP contribution is -1.76. The lowest BCUT2D eigenvalue weighted by atomic mass is 10.2. The number of allylic oxidation sites excluding steroid dienone is 1. The Morgan fingerprint density at radius 3 is 2.45 bits per heavy atom. The first-order valence-corrected chi connectivity index (χ1v) is 3.43. The van der Waals surface area contributed by atoms with Crippen molar-refractivity contribution in [2.75, 3.05) is 0 Å². The van der Waals surface area contributed by atoms with Crippen LogP contribution in [0, 0.1) is 4.91 Å². The molecular formula is C9H9NO. The van der Waals surface area contributed by atoms with E-state index in [1.54, 1.807) is 13.0 Å². The summed E-state index contributed by atoms with van der Waals surface area (Å²) < 4.78 is 0. The molecule has 0 aliphatic rings. The van der Waals surface area contributed by atoms with Crippen LogP contribution in [0.2, 0.25) is 0 Å². The minimum Gasteiger partial charge on any atom is -0.145 e. The molecule has 1 rings (SSSR count). The van der Waals surface area contributed by atoms with Gasteiger partial charge in [-0.15, -0.1) is 4.91 Å². The van der Waals surface area contributed by atoms with Gasteiger partial charge in [0.1, 0.15) is 5.70 Å². The Balaban J connectivity index is 3.01. The minimum absolute atomic E-state index is 0.491. The van der Waals surface area contributed by atoms with E-state index in [1.165, 1.54) is 0 Å². The quantitative estimate of drug-likeness (QED) is 0.591. The maximum absolute atomic E-state index is 10.2. The lowest BCUT2D eigenvalue weighted by molar-refractivity contribution is 1.46. The molecule has 0 spiro atoms. The molecule has 0 radical (unpaired) electrons. The van der Waals surface area contributed by atoms with Crippen molar-refractivity contribution in [3.63, 3.8) is 0 Å². The standard InChI is InChI=1S/C9H9NO/c1-2-9(10-11)8-6-4-3-5-7-8/h2-7H,1H3/b9-2-.